The molecule has 1 aromatic heterocycles. The van der Waals surface area contributed by atoms with Crippen LogP contribution in [0.2, 0.25) is 0 Å². The van der Waals surface area contributed by atoms with Gasteiger partial charge in [0.25, 0.3) is 0 Å². The van der Waals surface area contributed by atoms with Gasteiger partial charge in [0, 0.05) is 23.7 Å². The summed E-state index contributed by atoms with van der Waals surface area (Å²) < 4.78 is 13.5. The van der Waals surface area contributed by atoms with Crippen LogP contribution in [0.5, 0.6) is 0 Å². The monoisotopic (exact) mass is 288 g/mol. The average molecular weight is 288 g/mol. The van der Waals surface area contributed by atoms with Crippen molar-refractivity contribution in [3.63, 3.8) is 0 Å². The zero-order valence-electron chi connectivity index (χ0n) is 10.9. The number of aliphatic hydroxyl groups excluding tert-OH is 1. The van der Waals surface area contributed by atoms with Gasteiger partial charge < -0.3 is 5.11 Å². The molecule has 0 spiro atoms. The first-order valence-corrected chi connectivity index (χ1v) is 6.96. The number of aliphatic hydroxyl groups is 1. The number of hydrogen-bond acceptors (Lipinski definition) is 4. The summed E-state index contributed by atoms with van der Waals surface area (Å²) in [7, 11) is 0. The van der Waals surface area contributed by atoms with Gasteiger partial charge in [-0.15, -0.1) is 0 Å². The Morgan fingerprint density at radius 1 is 1.25 bits per heavy atom. The minimum Gasteiger partial charge on any atom is -0.384 e. The Bertz CT molecular complexity index is 647. The highest BCUT2D eigenvalue weighted by Gasteiger charge is 2.02. The van der Waals surface area contributed by atoms with Crippen LogP contribution in [0.3, 0.4) is 0 Å². The first-order chi connectivity index (χ1) is 9.67. The van der Waals surface area contributed by atoms with Crippen molar-refractivity contribution >= 4 is 11.8 Å². The molecule has 3 nitrogen and oxygen atoms in total. The second kappa shape index (κ2) is 7.04. The summed E-state index contributed by atoms with van der Waals surface area (Å²) in [6.45, 7) is 1.69. The SMILES string of the molecule is Cc1cnc(SCc2cc(F)cc(C#CCO)c2)nc1. The van der Waals surface area contributed by atoms with E-state index in [1.165, 1.54) is 23.9 Å². The third kappa shape index (κ3) is 4.34. The highest BCUT2D eigenvalue weighted by molar-refractivity contribution is 7.98. The molecule has 0 aliphatic carbocycles. The molecule has 1 aromatic carbocycles. The normalized spacial score (nSPS) is 9.95. The molecule has 20 heavy (non-hydrogen) atoms. The maximum Gasteiger partial charge on any atom is 0.187 e. The first-order valence-electron chi connectivity index (χ1n) is 5.98. The van der Waals surface area contributed by atoms with Crippen LogP contribution >= 0.6 is 11.8 Å². The van der Waals surface area contributed by atoms with E-state index in [2.05, 4.69) is 21.8 Å². The fourth-order valence-corrected chi connectivity index (χ4v) is 2.27. The minimum atomic E-state index is -0.338. The second-order valence-electron chi connectivity index (χ2n) is 4.14. The van der Waals surface area contributed by atoms with Crippen LogP contribution in [0.1, 0.15) is 16.7 Å². The smallest absolute Gasteiger partial charge is 0.187 e. The highest BCUT2D eigenvalue weighted by Crippen LogP contribution is 2.20. The van der Waals surface area contributed by atoms with Gasteiger partial charge in [0.15, 0.2) is 5.16 Å². The lowest BCUT2D eigenvalue weighted by Crippen LogP contribution is -1.90. The molecule has 2 aromatic rings. The van der Waals surface area contributed by atoms with E-state index in [0.717, 1.165) is 11.1 Å². The molecule has 0 radical (unpaired) electrons. The van der Waals surface area contributed by atoms with Crippen molar-refractivity contribution in [3.8, 4) is 11.8 Å². The molecule has 0 bridgehead atoms. The summed E-state index contributed by atoms with van der Waals surface area (Å²) >= 11 is 1.44. The second-order valence-corrected chi connectivity index (χ2v) is 5.08. The van der Waals surface area contributed by atoms with Gasteiger partial charge >= 0.3 is 0 Å². The standard InChI is InChI=1S/C15H13FN2OS/c1-11-8-17-15(18-9-11)20-10-13-5-12(3-2-4-19)6-14(16)7-13/h5-9,19H,4,10H2,1H3. The Hall–Kier alpha value is -1.90. The lowest BCUT2D eigenvalue weighted by Gasteiger charge is -2.02. The fraction of sp³-hybridized carbons (Fsp3) is 0.200. The van der Waals surface area contributed by atoms with Crippen LogP contribution < -0.4 is 0 Å². The third-order valence-corrected chi connectivity index (χ3v) is 3.34. The van der Waals surface area contributed by atoms with E-state index >= 15 is 0 Å². The first kappa shape index (κ1) is 14.5. The van der Waals surface area contributed by atoms with Crippen molar-refractivity contribution in [2.75, 3.05) is 6.61 Å². The molecule has 2 rings (SSSR count). The van der Waals surface area contributed by atoms with Crippen LogP contribution in [0, 0.1) is 24.6 Å². The maximum absolute atomic E-state index is 13.5. The van der Waals surface area contributed by atoms with E-state index < -0.39 is 0 Å². The number of rotatable bonds is 3. The lowest BCUT2D eigenvalue weighted by atomic mass is 10.1. The lowest BCUT2D eigenvalue weighted by molar-refractivity contribution is 0.350. The van der Waals surface area contributed by atoms with Crippen molar-refractivity contribution in [2.45, 2.75) is 17.8 Å². The number of benzene rings is 1. The number of halogens is 1. The van der Waals surface area contributed by atoms with Crippen LogP contribution in [0.15, 0.2) is 35.7 Å². The van der Waals surface area contributed by atoms with Crippen molar-refractivity contribution in [3.05, 3.63) is 53.1 Å². The zero-order valence-corrected chi connectivity index (χ0v) is 11.7. The van der Waals surface area contributed by atoms with E-state index in [9.17, 15) is 4.39 Å². The minimum absolute atomic E-state index is 0.238. The number of aromatic nitrogens is 2. The predicted molar refractivity (Wildman–Crippen MR) is 76.7 cm³/mol. The molecule has 0 unspecified atom stereocenters. The zero-order chi connectivity index (χ0) is 14.4. The molecule has 0 aliphatic heterocycles. The highest BCUT2D eigenvalue weighted by atomic mass is 32.2. The fourth-order valence-electron chi connectivity index (χ4n) is 1.55. The van der Waals surface area contributed by atoms with E-state index in [0.29, 0.717) is 16.5 Å². The molecule has 0 aliphatic rings. The number of nitrogens with zero attached hydrogens (tertiary/aromatic N) is 2. The summed E-state index contributed by atoms with van der Waals surface area (Å²) in [5.41, 5.74) is 2.36. The summed E-state index contributed by atoms with van der Waals surface area (Å²) in [5.74, 6) is 5.43. The van der Waals surface area contributed by atoms with E-state index in [1.807, 2.05) is 6.92 Å². The van der Waals surface area contributed by atoms with Gasteiger partial charge in [-0.3, -0.25) is 0 Å². The van der Waals surface area contributed by atoms with Crippen LogP contribution in [0.25, 0.3) is 0 Å². The molecular weight excluding hydrogens is 275 g/mol. The quantitative estimate of drug-likeness (QED) is 0.535. The van der Waals surface area contributed by atoms with Gasteiger partial charge in [0.05, 0.1) is 0 Å². The largest absolute Gasteiger partial charge is 0.384 e. The Morgan fingerprint density at radius 2 is 2.00 bits per heavy atom. The average Bonchev–Trinajstić information content (AvgIpc) is 2.44. The molecular formula is C15H13FN2OS. The van der Waals surface area contributed by atoms with Crippen molar-refractivity contribution in [2.24, 2.45) is 0 Å². The Kier molecular flexibility index (Phi) is 5.10. The number of aryl methyl sites for hydroxylation is 1. The molecule has 102 valence electrons. The van der Waals surface area contributed by atoms with E-state index in [4.69, 9.17) is 5.11 Å². The Labute approximate surface area is 121 Å². The van der Waals surface area contributed by atoms with Crippen molar-refractivity contribution < 1.29 is 9.50 Å². The van der Waals surface area contributed by atoms with Gasteiger partial charge in [-0.1, -0.05) is 23.6 Å². The Balaban J connectivity index is 2.09. The molecule has 5 heteroatoms. The van der Waals surface area contributed by atoms with Gasteiger partial charge in [-0.05, 0) is 36.2 Å². The third-order valence-electron chi connectivity index (χ3n) is 2.39. The van der Waals surface area contributed by atoms with Crippen LogP contribution in [0.4, 0.5) is 4.39 Å². The molecule has 0 atom stereocenters. The summed E-state index contributed by atoms with van der Waals surface area (Å²) in [6.07, 6.45) is 3.50. The van der Waals surface area contributed by atoms with Crippen molar-refractivity contribution in [1.82, 2.24) is 9.97 Å². The molecule has 0 saturated carbocycles. The van der Waals surface area contributed by atoms with Gasteiger partial charge in [-0.25, -0.2) is 14.4 Å². The summed E-state index contributed by atoms with van der Waals surface area (Å²) in [4.78, 5) is 8.37. The topological polar surface area (TPSA) is 46.0 Å². The maximum atomic E-state index is 13.5. The van der Waals surface area contributed by atoms with Crippen LogP contribution in [-0.2, 0) is 5.75 Å². The van der Waals surface area contributed by atoms with E-state index in [-0.39, 0.29) is 12.4 Å². The van der Waals surface area contributed by atoms with Gasteiger partial charge in [0.1, 0.15) is 12.4 Å². The molecule has 1 N–H and O–H groups in total. The molecule has 0 amide bonds. The van der Waals surface area contributed by atoms with E-state index in [1.54, 1.807) is 18.5 Å². The van der Waals surface area contributed by atoms with Gasteiger partial charge in [0.2, 0.25) is 0 Å². The summed E-state index contributed by atoms with van der Waals surface area (Å²) in [5, 5.41) is 9.31. The number of hydrogen-bond donors (Lipinski definition) is 1. The van der Waals surface area contributed by atoms with Gasteiger partial charge in [-0.2, -0.15) is 0 Å². The number of thioether (sulfide) groups is 1. The molecule has 1 heterocycles. The Morgan fingerprint density at radius 3 is 2.70 bits per heavy atom. The predicted octanol–water partition coefficient (Wildman–Crippen LogP) is 2.56. The molecule has 0 saturated heterocycles. The molecule has 0 fully saturated rings. The summed E-state index contributed by atoms with van der Waals surface area (Å²) in [6, 6.07) is 4.61. The van der Waals surface area contributed by atoms with Crippen molar-refractivity contribution in [1.29, 1.82) is 0 Å². The van der Waals surface area contributed by atoms with Crippen LogP contribution in [-0.4, -0.2) is 21.7 Å².